The van der Waals surface area contributed by atoms with Crippen LogP contribution in [0.15, 0.2) is 47.4 Å². The standard InChI is InChI=1S/C15H16N2O2/c1-10(2)11-6-3-4-8-13(11)17-15(19)12-7-5-9-16-14(12)18/h3-10H,1-2H3,(H,16,18)(H,17,19). The van der Waals surface area contributed by atoms with E-state index in [0.29, 0.717) is 5.92 Å². The summed E-state index contributed by atoms with van der Waals surface area (Å²) in [4.78, 5) is 26.1. The highest BCUT2D eigenvalue weighted by Crippen LogP contribution is 2.23. The first kappa shape index (κ1) is 13.1. The SMILES string of the molecule is CC(C)c1ccccc1NC(=O)c1ccc[nH]c1=O. The van der Waals surface area contributed by atoms with Crippen LogP contribution in [0.3, 0.4) is 0 Å². The number of aromatic amines is 1. The lowest BCUT2D eigenvalue weighted by Crippen LogP contribution is -2.23. The van der Waals surface area contributed by atoms with Crippen LogP contribution in [0, 0.1) is 0 Å². The molecule has 0 saturated carbocycles. The molecule has 0 aliphatic heterocycles. The average Bonchev–Trinajstić information content (AvgIpc) is 2.39. The Morgan fingerprint density at radius 2 is 1.89 bits per heavy atom. The molecule has 0 aliphatic rings. The lowest BCUT2D eigenvalue weighted by molar-refractivity contribution is 0.102. The summed E-state index contributed by atoms with van der Waals surface area (Å²) in [5.74, 6) is -0.0968. The van der Waals surface area contributed by atoms with E-state index in [4.69, 9.17) is 0 Å². The number of benzene rings is 1. The highest BCUT2D eigenvalue weighted by Gasteiger charge is 2.12. The highest BCUT2D eigenvalue weighted by atomic mass is 16.2. The van der Waals surface area contributed by atoms with Gasteiger partial charge in [-0.1, -0.05) is 32.0 Å². The molecule has 19 heavy (non-hydrogen) atoms. The van der Waals surface area contributed by atoms with E-state index >= 15 is 0 Å². The third-order valence-corrected chi connectivity index (χ3v) is 2.89. The molecule has 0 radical (unpaired) electrons. The summed E-state index contributed by atoms with van der Waals surface area (Å²) in [7, 11) is 0. The topological polar surface area (TPSA) is 62.0 Å². The second-order valence-electron chi connectivity index (χ2n) is 4.61. The molecular weight excluding hydrogens is 240 g/mol. The number of rotatable bonds is 3. The molecule has 0 atom stereocenters. The second kappa shape index (κ2) is 5.52. The van der Waals surface area contributed by atoms with Crippen molar-refractivity contribution in [2.45, 2.75) is 19.8 Å². The van der Waals surface area contributed by atoms with E-state index in [1.54, 1.807) is 6.07 Å². The fourth-order valence-corrected chi connectivity index (χ4v) is 1.90. The summed E-state index contributed by atoms with van der Waals surface area (Å²) in [6.07, 6.45) is 1.50. The van der Waals surface area contributed by atoms with E-state index < -0.39 is 5.91 Å². The third kappa shape index (κ3) is 2.91. The van der Waals surface area contributed by atoms with Gasteiger partial charge in [-0.25, -0.2) is 0 Å². The van der Waals surface area contributed by atoms with Gasteiger partial charge in [0.2, 0.25) is 0 Å². The fraction of sp³-hybridized carbons (Fsp3) is 0.200. The summed E-state index contributed by atoms with van der Waals surface area (Å²) in [6, 6.07) is 10.7. The van der Waals surface area contributed by atoms with Gasteiger partial charge in [-0.05, 0) is 29.7 Å². The van der Waals surface area contributed by atoms with E-state index in [2.05, 4.69) is 24.1 Å². The van der Waals surface area contributed by atoms with Gasteiger partial charge in [-0.2, -0.15) is 0 Å². The largest absolute Gasteiger partial charge is 0.328 e. The van der Waals surface area contributed by atoms with E-state index in [-0.39, 0.29) is 11.1 Å². The van der Waals surface area contributed by atoms with Gasteiger partial charge < -0.3 is 10.3 Å². The molecule has 2 N–H and O–H groups in total. The van der Waals surface area contributed by atoms with E-state index in [1.165, 1.54) is 12.3 Å². The number of carbonyl (C=O) groups is 1. The Morgan fingerprint density at radius 1 is 1.16 bits per heavy atom. The van der Waals surface area contributed by atoms with Gasteiger partial charge in [0.05, 0.1) is 0 Å². The maximum absolute atomic E-state index is 12.1. The van der Waals surface area contributed by atoms with Gasteiger partial charge >= 0.3 is 0 Å². The molecule has 0 fully saturated rings. The number of hydrogen-bond acceptors (Lipinski definition) is 2. The van der Waals surface area contributed by atoms with Crippen molar-refractivity contribution in [3.8, 4) is 0 Å². The number of H-pyrrole nitrogens is 1. The van der Waals surface area contributed by atoms with Crippen molar-refractivity contribution in [2.75, 3.05) is 5.32 Å². The Kier molecular flexibility index (Phi) is 3.80. The van der Waals surface area contributed by atoms with Gasteiger partial charge in [0.1, 0.15) is 5.56 Å². The summed E-state index contributed by atoms with van der Waals surface area (Å²) in [5.41, 5.74) is 1.51. The number of pyridine rings is 1. The number of para-hydroxylation sites is 1. The molecule has 2 rings (SSSR count). The van der Waals surface area contributed by atoms with Gasteiger partial charge in [0.25, 0.3) is 11.5 Å². The molecule has 1 amide bonds. The minimum absolute atomic E-state index is 0.112. The Labute approximate surface area is 111 Å². The highest BCUT2D eigenvalue weighted by molar-refractivity contribution is 6.04. The van der Waals surface area contributed by atoms with Crippen LogP contribution >= 0.6 is 0 Å². The van der Waals surface area contributed by atoms with Crippen LogP contribution in [0.25, 0.3) is 0 Å². The van der Waals surface area contributed by atoms with Crippen LogP contribution in [0.4, 0.5) is 5.69 Å². The van der Waals surface area contributed by atoms with Crippen LogP contribution in [-0.4, -0.2) is 10.9 Å². The lowest BCUT2D eigenvalue weighted by Gasteiger charge is -2.13. The third-order valence-electron chi connectivity index (χ3n) is 2.89. The number of hydrogen-bond donors (Lipinski definition) is 2. The number of aromatic nitrogens is 1. The quantitative estimate of drug-likeness (QED) is 0.887. The maximum atomic E-state index is 12.1. The van der Waals surface area contributed by atoms with Crippen LogP contribution < -0.4 is 10.9 Å². The molecule has 1 heterocycles. The molecule has 98 valence electrons. The van der Waals surface area contributed by atoms with Crippen molar-refractivity contribution in [1.82, 2.24) is 4.98 Å². The normalized spacial score (nSPS) is 10.5. The van der Waals surface area contributed by atoms with Gasteiger partial charge in [0.15, 0.2) is 0 Å². The maximum Gasteiger partial charge on any atom is 0.261 e. The first-order valence-electron chi connectivity index (χ1n) is 6.17. The first-order valence-corrected chi connectivity index (χ1v) is 6.17. The number of anilines is 1. The molecule has 4 nitrogen and oxygen atoms in total. The molecule has 0 unspecified atom stereocenters. The van der Waals surface area contributed by atoms with Crippen LogP contribution in [0.2, 0.25) is 0 Å². The van der Waals surface area contributed by atoms with Crippen LogP contribution in [0.5, 0.6) is 0 Å². The summed E-state index contributed by atoms with van der Waals surface area (Å²) in [5, 5.41) is 2.79. The van der Waals surface area contributed by atoms with E-state index in [9.17, 15) is 9.59 Å². The predicted octanol–water partition coefficient (Wildman–Crippen LogP) is 2.75. The smallest absolute Gasteiger partial charge is 0.261 e. The van der Waals surface area contributed by atoms with Crippen molar-refractivity contribution in [2.24, 2.45) is 0 Å². The second-order valence-corrected chi connectivity index (χ2v) is 4.61. The molecule has 0 saturated heterocycles. The van der Waals surface area contributed by atoms with Gasteiger partial charge in [0, 0.05) is 11.9 Å². The summed E-state index contributed by atoms with van der Waals surface area (Å²) >= 11 is 0. The first-order chi connectivity index (χ1) is 9.09. The van der Waals surface area contributed by atoms with Crippen molar-refractivity contribution >= 4 is 11.6 Å². The zero-order chi connectivity index (χ0) is 13.8. The van der Waals surface area contributed by atoms with E-state index in [0.717, 1.165) is 11.3 Å². The number of carbonyl (C=O) groups excluding carboxylic acids is 1. The van der Waals surface area contributed by atoms with Gasteiger partial charge in [-0.15, -0.1) is 0 Å². The van der Waals surface area contributed by atoms with Crippen molar-refractivity contribution in [3.63, 3.8) is 0 Å². The summed E-state index contributed by atoms with van der Waals surface area (Å²) in [6.45, 7) is 4.11. The Bertz CT molecular complexity index is 644. The lowest BCUT2D eigenvalue weighted by atomic mass is 10.0. The van der Waals surface area contributed by atoms with Crippen molar-refractivity contribution in [1.29, 1.82) is 0 Å². The fourth-order valence-electron chi connectivity index (χ4n) is 1.90. The zero-order valence-electron chi connectivity index (χ0n) is 10.9. The zero-order valence-corrected chi connectivity index (χ0v) is 10.9. The predicted molar refractivity (Wildman–Crippen MR) is 75.5 cm³/mol. The molecule has 4 heteroatoms. The van der Waals surface area contributed by atoms with Crippen LogP contribution in [0.1, 0.15) is 35.7 Å². The molecule has 1 aromatic heterocycles. The Hall–Kier alpha value is -2.36. The molecule has 1 aromatic carbocycles. The average molecular weight is 256 g/mol. The Balaban J connectivity index is 2.30. The minimum Gasteiger partial charge on any atom is -0.328 e. The monoisotopic (exact) mass is 256 g/mol. The van der Waals surface area contributed by atoms with Gasteiger partial charge in [-0.3, -0.25) is 9.59 Å². The van der Waals surface area contributed by atoms with Crippen LogP contribution in [-0.2, 0) is 0 Å². The van der Waals surface area contributed by atoms with E-state index in [1.807, 2.05) is 24.3 Å². The molecule has 0 spiro atoms. The summed E-state index contributed by atoms with van der Waals surface area (Å²) < 4.78 is 0. The number of nitrogens with one attached hydrogen (secondary N) is 2. The molecule has 2 aromatic rings. The molecular formula is C15H16N2O2. The molecule has 0 aliphatic carbocycles. The van der Waals surface area contributed by atoms with Crippen molar-refractivity contribution in [3.05, 3.63) is 64.1 Å². The minimum atomic E-state index is -0.394. The number of amides is 1. The van der Waals surface area contributed by atoms with Crippen molar-refractivity contribution < 1.29 is 4.79 Å². The Morgan fingerprint density at radius 3 is 2.58 bits per heavy atom. The molecule has 0 bridgehead atoms.